The smallest absolute Gasteiger partial charge is 0.258 e. The zero-order chi connectivity index (χ0) is 12.5. The number of nitrogens with zero attached hydrogens (tertiary/aromatic N) is 1. The number of benzene rings is 1. The van der Waals surface area contributed by atoms with E-state index in [9.17, 15) is 14.5 Å². The summed E-state index contributed by atoms with van der Waals surface area (Å²) < 4.78 is 13.3. The predicted octanol–water partition coefficient (Wildman–Crippen LogP) is 4.27. The van der Waals surface area contributed by atoms with Crippen LogP contribution in [-0.2, 0) is 0 Å². The van der Waals surface area contributed by atoms with Gasteiger partial charge in [-0.25, -0.2) is 4.39 Å². The van der Waals surface area contributed by atoms with E-state index in [1.165, 1.54) is 0 Å². The highest BCUT2D eigenvalue weighted by molar-refractivity contribution is 9.09. The molecule has 88 valence electrons. The minimum absolute atomic E-state index is 0.00627. The quantitative estimate of drug-likeness (QED) is 0.475. The van der Waals surface area contributed by atoms with Crippen molar-refractivity contribution in [2.24, 2.45) is 0 Å². The van der Waals surface area contributed by atoms with Crippen molar-refractivity contribution in [2.75, 3.05) is 0 Å². The molecule has 1 aromatic carbocycles. The Kier molecular flexibility index (Phi) is 4.27. The molecule has 0 aliphatic heterocycles. The highest BCUT2D eigenvalue weighted by Gasteiger charge is 2.24. The molecule has 0 bridgehead atoms. The number of hydrogen-bond acceptors (Lipinski definition) is 2. The molecule has 1 aromatic rings. The van der Waals surface area contributed by atoms with Crippen molar-refractivity contribution in [3.05, 3.63) is 38.7 Å². The molecule has 0 aliphatic carbocycles. The fourth-order valence-electron chi connectivity index (χ4n) is 1.32. The third kappa shape index (κ3) is 2.71. The normalized spacial score (nSPS) is 14.6. The number of nitro benzene ring substituents is 1. The third-order valence-corrected chi connectivity index (χ3v) is 3.53. The summed E-state index contributed by atoms with van der Waals surface area (Å²) in [5.74, 6) is -0.811. The summed E-state index contributed by atoms with van der Waals surface area (Å²) >= 11 is 8.85. The molecule has 6 heteroatoms. The summed E-state index contributed by atoms with van der Waals surface area (Å²) in [5, 5.41) is 10.6. The molecule has 2 atom stereocenters. The lowest BCUT2D eigenvalue weighted by atomic mass is 9.97. The van der Waals surface area contributed by atoms with Gasteiger partial charge in [-0.05, 0) is 6.07 Å². The highest BCUT2D eigenvalue weighted by Crippen LogP contribution is 2.34. The lowest BCUT2D eigenvalue weighted by Crippen LogP contribution is -2.08. The van der Waals surface area contributed by atoms with Crippen LogP contribution in [-0.4, -0.2) is 9.75 Å². The third-order valence-electron chi connectivity index (χ3n) is 2.45. The molecule has 0 saturated heterocycles. The van der Waals surface area contributed by atoms with Gasteiger partial charge in [-0.2, -0.15) is 0 Å². The van der Waals surface area contributed by atoms with E-state index in [0.29, 0.717) is 5.56 Å². The van der Waals surface area contributed by atoms with Crippen LogP contribution in [0.1, 0.15) is 25.3 Å². The van der Waals surface area contributed by atoms with Gasteiger partial charge < -0.3 is 0 Å². The van der Waals surface area contributed by atoms with Crippen LogP contribution in [0.2, 0.25) is 5.02 Å². The van der Waals surface area contributed by atoms with E-state index in [1.54, 1.807) is 6.92 Å². The molecule has 3 nitrogen and oxygen atoms in total. The number of nitro groups is 1. The second kappa shape index (κ2) is 5.10. The number of alkyl halides is 1. The molecule has 0 aliphatic rings. The minimum atomic E-state index is -0.637. The fraction of sp³-hybridized carbons (Fsp3) is 0.400. The zero-order valence-corrected chi connectivity index (χ0v) is 11.0. The molecular formula is C10H10BrClFNO2. The van der Waals surface area contributed by atoms with Crippen LogP contribution in [0.5, 0.6) is 0 Å². The van der Waals surface area contributed by atoms with Crippen molar-refractivity contribution in [1.29, 1.82) is 0 Å². The van der Waals surface area contributed by atoms with Gasteiger partial charge in [0, 0.05) is 22.4 Å². The van der Waals surface area contributed by atoms with E-state index >= 15 is 0 Å². The van der Waals surface area contributed by atoms with Crippen LogP contribution in [0, 0.1) is 15.9 Å². The number of hydrogen-bond donors (Lipinski definition) is 0. The fourth-order valence-corrected chi connectivity index (χ4v) is 1.76. The first-order valence-electron chi connectivity index (χ1n) is 4.62. The van der Waals surface area contributed by atoms with Gasteiger partial charge in [-0.1, -0.05) is 41.4 Å². The van der Waals surface area contributed by atoms with Crippen LogP contribution < -0.4 is 0 Å². The second-order valence-electron chi connectivity index (χ2n) is 3.55. The van der Waals surface area contributed by atoms with E-state index in [1.807, 2.05) is 6.92 Å². The van der Waals surface area contributed by atoms with Crippen molar-refractivity contribution in [1.82, 2.24) is 0 Å². The monoisotopic (exact) mass is 309 g/mol. The van der Waals surface area contributed by atoms with Crippen molar-refractivity contribution >= 4 is 33.2 Å². The molecule has 0 aromatic heterocycles. The maximum absolute atomic E-state index is 13.3. The van der Waals surface area contributed by atoms with Gasteiger partial charge in [-0.3, -0.25) is 10.1 Å². The molecule has 0 saturated carbocycles. The van der Waals surface area contributed by atoms with E-state index < -0.39 is 10.7 Å². The standard InChI is InChI=1S/C10H10BrClFNO2/c1-5(6(2)11)7-3-9(13)8(12)4-10(7)14(15)16/h3-6H,1-2H3. The summed E-state index contributed by atoms with van der Waals surface area (Å²) in [6.45, 7) is 3.63. The van der Waals surface area contributed by atoms with Crippen LogP contribution in [0.25, 0.3) is 0 Å². The first kappa shape index (κ1) is 13.4. The Balaban J connectivity index is 3.36. The average Bonchev–Trinajstić information content (AvgIpc) is 2.19. The maximum atomic E-state index is 13.3. The molecule has 0 N–H and O–H groups in total. The zero-order valence-electron chi connectivity index (χ0n) is 8.71. The Morgan fingerprint density at radius 2 is 2.06 bits per heavy atom. The van der Waals surface area contributed by atoms with E-state index in [0.717, 1.165) is 12.1 Å². The molecule has 0 spiro atoms. The van der Waals surface area contributed by atoms with Crippen molar-refractivity contribution < 1.29 is 9.31 Å². The summed E-state index contributed by atoms with van der Waals surface area (Å²) in [7, 11) is 0. The predicted molar refractivity (Wildman–Crippen MR) is 64.9 cm³/mol. The van der Waals surface area contributed by atoms with E-state index in [-0.39, 0.29) is 21.5 Å². The topological polar surface area (TPSA) is 43.1 Å². The molecule has 0 fully saturated rings. The Morgan fingerprint density at radius 1 is 1.50 bits per heavy atom. The van der Waals surface area contributed by atoms with Crippen LogP contribution >= 0.6 is 27.5 Å². The molecular weight excluding hydrogens is 300 g/mol. The molecule has 0 radical (unpaired) electrons. The Labute approximate surface area is 106 Å². The Bertz CT molecular complexity index is 426. The number of rotatable bonds is 3. The summed E-state index contributed by atoms with van der Waals surface area (Å²) in [6.07, 6.45) is 0. The first-order valence-corrected chi connectivity index (χ1v) is 5.91. The van der Waals surface area contributed by atoms with Gasteiger partial charge >= 0.3 is 0 Å². The van der Waals surface area contributed by atoms with E-state index in [4.69, 9.17) is 11.6 Å². The lowest BCUT2D eigenvalue weighted by Gasteiger charge is -2.15. The molecule has 0 amide bonds. The van der Waals surface area contributed by atoms with Gasteiger partial charge in [0.2, 0.25) is 0 Å². The minimum Gasteiger partial charge on any atom is -0.258 e. The Hall–Kier alpha value is -0.680. The van der Waals surface area contributed by atoms with Gasteiger partial charge in [0.15, 0.2) is 0 Å². The largest absolute Gasteiger partial charge is 0.274 e. The molecule has 2 unspecified atom stereocenters. The summed E-state index contributed by atoms with van der Waals surface area (Å²) in [6, 6.07) is 2.18. The van der Waals surface area contributed by atoms with Crippen LogP contribution in [0.3, 0.4) is 0 Å². The van der Waals surface area contributed by atoms with E-state index in [2.05, 4.69) is 15.9 Å². The molecule has 1 rings (SSSR count). The average molecular weight is 311 g/mol. The van der Waals surface area contributed by atoms with Gasteiger partial charge in [-0.15, -0.1) is 0 Å². The SMILES string of the molecule is CC(Br)C(C)c1cc(F)c(Cl)cc1[N+](=O)[O-]. The summed E-state index contributed by atoms with van der Waals surface area (Å²) in [5.41, 5.74) is 0.196. The maximum Gasteiger partial charge on any atom is 0.274 e. The van der Waals surface area contributed by atoms with Gasteiger partial charge in [0.1, 0.15) is 5.82 Å². The number of halogens is 3. The lowest BCUT2D eigenvalue weighted by molar-refractivity contribution is -0.385. The van der Waals surface area contributed by atoms with Gasteiger partial charge in [0.05, 0.1) is 9.95 Å². The molecule has 0 heterocycles. The van der Waals surface area contributed by atoms with Gasteiger partial charge in [0.25, 0.3) is 5.69 Å². The molecule has 16 heavy (non-hydrogen) atoms. The van der Waals surface area contributed by atoms with Crippen molar-refractivity contribution in [3.63, 3.8) is 0 Å². The van der Waals surface area contributed by atoms with Crippen LogP contribution in [0.15, 0.2) is 12.1 Å². The Morgan fingerprint density at radius 3 is 2.50 bits per heavy atom. The highest BCUT2D eigenvalue weighted by atomic mass is 79.9. The first-order chi connectivity index (χ1) is 7.34. The summed E-state index contributed by atoms with van der Waals surface area (Å²) in [4.78, 5) is 10.3. The van der Waals surface area contributed by atoms with Crippen LogP contribution in [0.4, 0.5) is 10.1 Å². The second-order valence-corrected chi connectivity index (χ2v) is 5.40. The van der Waals surface area contributed by atoms with Crippen molar-refractivity contribution in [2.45, 2.75) is 24.6 Å². The van der Waals surface area contributed by atoms with Crippen molar-refractivity contribution in [3.8, 4) is 0 Å².